The molecular formula is C9H16N2O2. The van der Waals surface area contributed by atoms with Crippen molar-refractivity contribution in [3.63, 3.8) is 0 Å². The van der Waals surface area contributed by atoms with E-state index in [0.29, 0.717) is 0 Å². The molecule has 1 saturated heterocycles. The van der Waals surface area contributed by atoms with Crippen LogP contribution in [0, 0.1) is 0 Å². The Morgan fingerprint density at radius 2 is 2.00 bits per heavy atom. The molecule has 1 heterocycles. The summed E-state index contributed by atoms with van der Waals surface area (Å²) in [7, 11) is 0. The summed E-state index contributed by atoms with van der Waals surface area (Å²) >= 11 is 0. The maximum absolute atomic E-state index is 10.6. The molecule has 1 aliphatic rings. The van der Waals surface area contributed by atoms with Crippen LogP contribution in [0.1, 0.15) is 33.6 Å². The molecule has 0 bridgehead atoms. The molecule has 74 valence electrons. The SMILES string of the molecule is CC(=O)NN=C1CC(C)OC(C)C1. The first-order valence-corrected chi connectivity index (χ1v) is 4.55. The maximum atomic E-state index is 10.6. The van der Waals surface area contributed by atoms with Crippen molar-refractivity contribution in [3.05, 3.63) is 0 Å². The number of hydrogen-bond donors (Lipinski definition) is 1. The Hall–Kier alpha value is -0.900. The third kappa shape index (κ3) is 3.55. The van der Waals surface area contributed by atoms with Crippen LogP contribution in [0.2, 0.25) is 0 Å². The summed E-state index contributed by atoms with van der Waals surface area (Å²) in [6, 6.07) is 0. The van der Waals surface area contributed by atoms with Crippen LogP contribution in [-0.2, 0) is 9.53 Å². The normalized spacial score (nSPS) is 28.4. The molecule has 1 aliphatic heterocycles. The molecule has 0 aliphatic carbocycles. The van der Waals surface area contributed by atoms with Gasteiger partial charge < -0.3 is 4.74 Å². The third-order valence-corrected chi connectivity index (χ3v) is 1.88. The van der Waals surface area contributed by atoms with Gasteiger partial charge in [-0.05, 0) is 13.8 Å². The molecule has 1 rings (SSSR count). The number of nitrogens with zero attached hydrogens (tertiary/aromatic N) is 1. The Labute approximate surface area is 78.3 Å². The average Bonchev–Trinajstić information content (AvgIpc) is 1.99. The summed E-state index contributed by atoms with van der Waals surface area (Å²) in [5, 5.41) is 4.02. The Bertz CT molecular complexity index is 214. The van der Waals surface area contributed by atoms with Gasteiger partial charge in [0.2, 0.25) is 5.91 Å². The minimum atomic E-state index is -0.126. The van der Waals surface area contributed by atoms with Crippen molar-refractivity contribution in [2.45, 2.75) is 45.8 Å². The van der Waals surface area contributed by atoms with Crippen LogP contribution in [0.5, 0.6) is 0 Å². The first-order chi connectivity index (χ1) is 6.08. The van der Waals surface area contributed by atoms with Gasteiger partial charge in [0, 0.05) is 25.5 Å². The van der Waals surface area contributed by atoms with E-state index in [1.54, 1.807) is 0 Å². The predicted molar refractivity (Wildman–Crippen MR) is 50.5 cm³/mol. The molecule has 4 nitrogen and oxygen atoms in total. The molecule has 4 heteroatoms. The zero-order chi connectivity index (χ0) is 9.84. The number of ether oxygens (including phenoxy) is 1. The second kappa shape index (κ2) is 4.37. The van der Waals surface area contributed by atoms with Crippen LogP contribution >= 0.6 is 0 Å². The fraction of sp³-hybridized carbons (Fsp3) is 0.778. The number of nitrogens with one attached hydrogen (secondary N) is 1. The fourth-order valence-electron chi connectivity index (χ4n) is 1.49. The summed E-state index contributed by atoms with van der Waals surface area (Å²) in [5.74, 6) is -0.126. The van der Waals surface area contributed by atoms with Gasteiger partial charge in [0.15, 0.2) is 0 Å². The lowest BCUT2D eigenvalue weighted by Gasteiger charge is -2.26. The monoisotopic (exact) mass is 184 g/mol. The van der Waals surface area contributed by atoms with E-state index in [-0.39, 0.29) is 18.1 Å². The van der Waals surface area contributed by atoms with E-state index in [4.69, 9.17) is 4.74 Å². The number of carbonyl (C=O) groups excluding carboxylic acids is 1. The smallest absolute Gasteiger partial charge is 0.236 e. The van der Waals surface area contributed by atoms with Gasteiger partial charge in [0.05, 0.1) is 12.2 Å². The highest BCUT2D eigenvalue weighted by Gasteiger charge is 2.20. The van der Waals surface area contributed by atoms with Crippen LogP contribution in [-0.4, -0.2) is 23.8 Å². The Morgan fingerprint density at radius 1 is 1.46 bits per heavy atom. The van der Waals surface area contributed by atoms with E-state index in [1.165, 1.54) is 6.92 Å². The van der Waals surface area contributed by atoms with Crippen molar-refractivity contribution in [2.24, 2.45) is 5.10 Å². The third-order valence-electron chi connectivity index (χ3n) is 1.88. The van der Waals surface area contributed by atoms with Crippen molar-refractivity contribution < 1.29 is 9.53 Å². The molecule has 1 N–H and O–H groups in total. The molecule has 0 aromatic carbocycles. The molecule has 0 aromatic rings. The van der Waals surface area contributed by atoms with E-state index < -0.39 is 0 Å². The van der Waals surface area contributed by atoms with Crippen molar-refractivity contribution in [3.8, 4) is 0 Å². The van der Waals surface area contributed by atoms with Gasteiger partial charge in [-0.3, -0.25) is 4.79 Å². The fourth-order valence-corrected chi connectivity index (χ4v) is 1.49. The summed E-state index contributed by atoms with van der Waals surface area (Å²) in [5.41, 5.74) is 3.47. The van der Waals surface area contributed by atoms with Crippen molar-refractivity contribution in [1.29, 1.82) is 0 Å². The molecule has 1 amide bonds. The average molecular weight is 184 g/mol. The summed E-state index contributed by atoms with van der Waals surface area (Å²) < 4.78 is 5.53. The standard InChI is InChI=1S/C9H16N2O2/c1-6-4-9(5-7(2)13-6)11-10-8(3)12/h6-7H,4-5H2,1-3H3,(H,10,12). The second-order valence-electron chi connectivity index (χ2n) is 3.51. The predicted octanol–water partition coefficient (Wildman–Crippen LogP) is 1.07. The molecule has 0 saturated carbocycles. The Kier molecular flexibility index (Phi) is 3.42. The van der Waals surface area contributed by atoms with Crippen molar-refractivity contribution >= 4 is 11.6 Å². The number of hydrogen-bond acceptors (Lipinski definition) is 3. The number of hydrazone groups is 1. The second-order valence-corrected chi connectivity index (χ2v) is 3.51. The zero-order valence-corrected chi connectivity index (χ0v) is 8.33. The molecule has 0 radical (unpaired) electrons. The van der Waals surface area contributed by atoms with Crippen LogP contribution in [0.4, 0.5) is 0 Å². The molecule has 2 atom stereocenters. The summed E-state index contributed by atoms with van der Waals surface area (Å²) in [6.45, 7) is 5.48. The molecule has 0 spiro atoms. The maximum Gasteiger partial charge on any atom is 0.236 e. The van der Waals surface area contributed by atoms with E-state index in [1.807, 2.05) is 13.8 Å². The summed E-state index contributed by atoms with van der Waals surface area (Å²) in [4.78, 5) is 10.6. The van der Waals surface area contributed by atoms with Gasteiger partial charge in [-0.1, -0.05) is 0 Å². The first-order valence-electron chi connectivity index (χ1n) is 4.55. The largest absolute Gasteiger partial charge is 0.375 e. The van der Waals surface area contributed by atoms with Crippen LogP contribution in [0.3, 0.4) is 0 Å². The number of rotatable bonds is 1. The van der Waals surface area contributed by atoms with Crippen LogP contribution < -0.4 is 5.43 Å². The van der Waals surface area contributed by atoms with E-state index in [9.17, 15) is 4.79 Å². The van der Waals surface area contributed by atoms with E-state index in [2.05, 4.69) is 10.5 Å². The van der Waals surface area contributed by atoms with Gasteiger partial charge in [-0.15, -0.1) is 0 Å². The molecule has 13 heavy (non-hydrogen) atoms. The minimum absolute atomic E-state index is 0.126. The van der Waals surface area contributed by atoms with Gasteiger partial charge in [-0.25, -0.2) is 5.43 Å². The van der Waals surface area contributed by atoms with Gasteiger partial charge in [-0.2, -0.15) is 5.10 Å². The first kappa shape index (κ1) is 10.2. The quantitative estimate of drug-likeness (QED) is 0.620. The van der Waals surface area contributed by atoms with Crippen LogP contribution in [0.15, 0.2) is 5.10 Å². The van der Waals surface area contributed by atoms with Gasteiger partial charge >= 0.3 is 0 Å². The number of carbonyl (C=O) groups is 1. The van der Waals surface area contributed by atoms with E-state index in [0.717, 1.165) is 18.6 Å². The minimum Gasteiger partial charge on any atom is -0.375 e. The number of amides is 1. The zero-order valence-electron chi connectivity index (χ0n) is 8.33. The molecule has 1 fully saturated rings. The highest BCUT2D eigenvalue weighted by atomic mass is 16.5. The Balaban J connectivity index is 2.49. The van der Waals surface area contributed by atoms with Crippen molar-refractivity contribution in [2.75, 3.05) is 0 Å². The topological polar surface area (TPSA) is 50.7 Å². The summed E-state index contributed by atoms with van der Waals surface area (Å²) in [6.07, 6.45) is 2.03. The van der Waals surface area contributed by atoms with E-state index >= 15 is 0 Å². The van der Waals surface area contributed by atoms with Crippen molar-refractivity contribution in [1.82, 2.24) is 5.43 Å². The highest BCUT2D eigenvalue weighted by Crippen LogP contribution is 2.15. The lowest BCUT2D eigenvalue weighted by molar-refractivity contribution is -0.118. The Morgan fingerprint density at radius 3 is 2.46 bits per heavy atom. The molecule has 2 unspecified atom stereocenters. The lowest BCUT2D eigenvalue weighted by Crippen LogP contribution is -2.31. The molecular weight excluding hydrogens is 168 g/mol. The van der Waals surface area contributed by atoms with Gasteiger partial charge in [0.25, 0.3) is 0 Å². The van der Waals surface area contributed by atoms with Crippen LogP contribution in [0.25, 0.3) is 0 Å². The highest BCUT2D eigenvalue weighted by molar-refractivity contribution is 5.87. The van der Waals surface area contributed by atoms with Gasteiger partial charge in [0.1, 0.15) is 0 Å². The lowest BCUT2D eigenvalue weighted by atomic mass is 10.0. The molecule has 0 aromatic heterocycles.